The van der Waals surface area contributed by atoms with Crippen molar-refractivity contribution in [2.45, 2.75) is 19.6 Å². The van der Waals surface area contributed by atoms with Gasteiger partial charge in [-0.25, -0.2) is 15.0 Å². The standard InChI is InChI=1S/C18H23F3N6O.HI/c1-3-22-16(26-12-13-4-6-14(28-2)7-5-13)24-10-11-25-17-23-9-8-15(27-17)18(19,20)21;/h4-9H,3,10-12H2,1-2H3,(H2,22,24,26)(H,23,25,27);1H. The summed E-state index contributed by atoms with van der Waals surface area (Å²) in [4.78, 5) is 11.7. The van der Waals surface area contributed by atoms with E-state index < -0.39 is 11.9 Å². The minimum Gasteiger partial charge on any atom is -0.497 e. The Morgan fingerprint density at radius 2 is 1.83 bits per heavy atom. The highest BCUT2D eigenvalue weighted by Gasteiger charge is 2.32. The Hall–Kier alpha value is -2.31. The van der Waals surface area contributed by atoms with Crippen molar-refractivity contribution in [1.29, 1.82) is 0 Å². The van der Waals surface area contributed by atoms with Crippen molar-refractivity contribution in [3.8, 4) is 5.75 Å². The third-order valence-corrected chi connectivity index (χ3v) is 3.57. The summed E-state index contributed by atoms with van der Waals surface area (Å²) in [5, 5.41) is 8.97. The molecule has 0 aliphatic heterocycles. The number of nitrogens with one attached hydrogen (secondary N) is 3. The van der Waals surface area contributed by atoms with Crippen LogP contribution in [0, 0.1) is 0 Å². The molecule has 2 aromatic rings. The van der Waals surface area contributed by atoms with E-state index in [2.05, 4.69) is 30.9 Å². The summed E-state index contributed by atoms with van der Waals surface area (Å²) in [5.74, 6) is 1.31. The number of anilines is 1. The number of rotatable bonds is 8. The first-order valence-electron chi connectivity index (χ1n) is 8.71. The van der Waals surface area contributed by atoms with Crippen molar-refractivity contribution < 1.29 is 17.9 Å². The zero-order valence-corrected chi connectivity index (χ0v) is 18.4. The summed E-state index contributed by atoms with van der Waals surface area (Å²) in [6.07, 6.45) is -3.42. The molecule has 11 heteroatoms. The molecule has 29 heavy (non-hydrogen) atoms. The Morgan fingerprint density at radius 1 is 1.10 bits per heavy atom. The molecule has 7 nitrogen and oxygen atoms in total. The molecule has 0 saturated carbocycles. The number of guanidine groups is 1. The lowest BCUT2D eigenvalue weighted by atomic mass is 10.2. The minimum absolute atomic E-state index is 0. The summed E-state index contributed by atoms with van der Waals surface area (Å²) in [7, 11) is 1.61. The van der Waals surface area contributed by atoms with Gasteiger partial charge in [-0.05, 0) is 30.7 Å². The predicted octanol–water partition coefficient (Wildman–Crippen LogP) is 3.29. The molecule has 1 aromatic heterocycles. The minimum atomic E-state index is -4.50. The van der Waals surface area contributed by atoms with Crippen molar-refractivity contribution in [2.24, 2.45) is 4.99 Å². The first-order chi connectivity index (χ1) is 13.4. The van der Waals surface area contributed by atoms with Crippen molar-refractivity contribution in [3.05, 3.63) is 47.8 Å². The molecule has 0 unspecified atom stereocenters. The molecule has 0 amide bonds. The summed E-state index contributed by atoms with van der Waals surface area (Å²) < 4.78 is 43.1. The maximum absolute atomic E-state index is 12.7. The smallest absolute Gasteiger partial charge is 0.433 e. The van der Waals surface area contributed by atoms with Crippen molar-refractivity contribution in [3.63, 3.8) is 0 Å². The molecule has 0 saturated heterocycles. The number of ether oxygens (including phenoxy) is 1. The van der Waals surface area contributed by atoms with Gasteiger partial charge in [0.25, 0.3) is 0 Å². The fourth-order valence-corrected chi connectivity index (χ4v) is 2.20. The van der Waals surface area contributed by atoms with E-state index in [9.17, 15) is 13.2 Å². The van der Waals surface area contributed by atoms with Gasteiger partial charge in [0.05, 0.1) is 13.7 Å². The summed E-state index contributed by atoms with van der Waals surface area (Å²) in [5.41, 5.74) is 0.0424. The molecule has 0 aliphatic carbocycles. The number of hydrogen-bond acceptors (Lipinski definition) is 5. The Balaban J connectivity index is 0.00000420. The van der Waals surface area contributed by atoms with Gasteiger partial charge in [0.15, 0.2) is 5.96 Å². The topological polar surface area (TPSA) is 83.5 Å². The van der Waals surface area contributed by atoms with E-state index in [1.54, 1.807) is 7.11 Å². The number of halogens is 4. The Bertz CT molecular complexity index is 771. The van der Waals surface area contributed by atoms with Crippen LogP contribution in [0.1, 0.15) is 18.2 Å². The number of aliphatic imine (C=N–C) groups is 1. The first-order valence-corrected chi connectivity index (χ1v) is 8.71. The van der Waals surface area contributed by atoms with Gasteiger partial charge in [-0.3, -0.25) is 0 Å². The molecule has 0 fully saturated rings. The molecule has 0 aliphatic rings. The molecule has 0 atom stereocenters. The molecule has 160 valence electrons. The average molecular weight is 524 g/mol. The molecule has 1 heterocycles. The van der Waals surface area contributed by atoms with Gasteiger partial charge >= 0.3 is 6.18 Å². The van der Waals surface area contributed by atoms with Crippen LogP contribution in [0.15, 0.2) is 41.5 Å². The average Bonchev–Trinajstić information content (AvgIpc) is 2.69. The molecular formula is C18H24F3IN6O. The van der Waals surface area contributed by atoms with Gasteiger partial charge < -0.3 is 20.7 Å². The zero-order chi connectivity index (χ0) is 20.4. The van der Waals surface area contributed by atoms with Gasteiger partial charge in [0.1, 0.15) is 11.4 Å². The van der Waals surface area contributed by atoms with E-state index in [0.29, 0.717) is 32.1 Å². The Morgan fingerprint density at radius 3 is 2.45 bits per heavy atom. The maximum Gasteiger partial charge on any atom is 0.433 e. The number of nitrogens with zero attached hydrogens (tertiary/aromatic N) is 3. The quantitative estimate of drug-likeness (QED) is 0.213. The fourth-order valence-electron chi connectivity index (χ4n) is 2.20. The highest BCUT2D eigenvalue weighted by molar-refractivity contribution is 14.0. The van der Waals surface area contributed by atoms with Crippen molar-refractivity contribution in [1.82, 2.24) is 20.6 Å². The zero-order valence-electron chi connectivity index (χ0n) is 16.1. The summed E-state index contributed by atoms with van der Waals surface area (Å²) in [6, 6.07) is 8.42. The van der Waals surface area contributed by atoms with Crippen LogP contribution in [-0.2, 0) is 12.7 Å². The molecular weight excluding hydrogens is 500 g/mol. The third-order valence-electron chi connectivity index (χ3n) is 3.57. The second kappa shape index (κ2) is 12.3. The van der Waals surface area contributed by atoms with Crippen LogP contribution in [0.5, 0.6) is 5.75 Å². The molecule has 1 aromatic carbocycles. The summed E-state index contributed by atoms with van der Waals surface area (Å²) >= 11 is 0. The normalized spacial score (nSPS) is 11.4. The second-order valence-corrected chi connectivity index (χ2v) is 5.66. The molecule has 3 N–H and O–H groups in total. The highest BCUT2D eigenvalue weighted by atomic mass is 127. The lowest BCUT2D eigenvalue weighted by Crippen LogP contribution is -2.39. The van der Waals surface area contributed by atoms with Gasteiger partial charge in [-0.2, -0.15) is 13.2 Å². The van der Waals surface area contributed by atoms with Crippen LogP contribution in [-0.4, -0.2) is 42.7 Å². The molecule has 0 bridgehead atoms. The molecule has 0 radical (unpaired) electrons. The number of aromatic nitrogens is 2. The highest BCUT2D eigenvalue weighted by Crippen LogP contribution is 2.27. The van der Waals surface area contributed by atoms with Gasteiger partial charge in [-0.1, -0.05) is 12.1 Å². The SMILES string of the molecule is CCNC(=NCc1ccc(OC)cc1)NCCNc1nccc(C(F)(F)F)n1.I. The summed E-state index contributed by atoms with van der Waals surface area (Å²) in [6.45, 7) is 3.85. The van der Waals surface area contributed by atoms with E-state index in [4.69, 9.17) is 4.74 Å². The van der Waals surface area contributed by atoms with E-state index in [1.165, 1.54) is 0 Å². The first kappa shape index (κ1) is 24.7. The fraction of sp³-hybridized carbons (Fsp3) is 0.389. The van der Waals surface area contributed by atoms with Crippen molar-refractivity contribution in [2.75, 3.05) is 32.1 Å². The van der Waals surface area contributed by atoms with Gasteiger partial charge in [0, 0.05) is 25.8 Å². The van der Waals surface area contributed by atoms with Crippen LogP contribution in [0.25, 0.3) is 0 Å². The second-order valence-electron chi connectivity index (χ2n) is 5.66. The molecule has 0 spiro atoms. The largest absolute Gasteiger partial charge is 0.497 e. The number of benzene rings is 1. The molecule has 2 rings (SSSR count). The third kappa shape index (κ3) is 8.71. The number of hydrogen-bond donors (Lipinski definition) is 3. The predicted molar refractivity (Wildman–Crippen MR) is 117 cm³/mol. The van der Waals surface area contributed by atoms with Crippen molar-refractivity contribution >= 4 is 35.9 Å². The van der Waals surface area contributed by atoms with Gasteiger partial charge in [-0.15, -0.1) is 24.0 Å². The van der Waals surface area contributed by atoms with E-state index in [-0.39, 0.29) is 29.9 Å². The van der Waals surface area contributed by atoms with Crippen LogP contribution >= 0.6 is 24.0 Å². The van der Waals surface area contributed by atoms with Crippen LogP contribution in [0.3, 0.4) is 0 Å². The van der Waals surface area contributed by atoms with Crippen LogP contribution in [0.2, 0.25) is 0 Å². The maximum atomic E-state index is 12.7. The van der Waals surface area contributed by atoms with Crippen LogP contribution < -0.4 is 20.7 Å². The lowest BCUT2D eigenvalue weighted by molar-refractivity contribution is -0.141. The van der Waals surface area contributed by atoms with E-state index in [1.807, 2.05) is 31.2 Å². The van der Waals surface area contributed by atoms with E-state index in [0.717, 1.165) is 23.6 Å². The van der Waals surface area contributed by atoms with E-state index >= 15 is 0 Å². The lowest BCUT2D eigenvalue weighted by Gasteiger charge is -2.12. The monoisotopic (exact) mass is 524 g/mol. The van der Waals surface area contributed by atoms with Gasteiger partial charge in [0.2, 0.25) is 5.95 Å². The number of methoxy groups -OCH3 is 1. The Kier molecular flexibility index (Phi) is 10.5. The Labute approximate surface area is 184 Å². The number of alkyl halides is 3. The van der Waals surface area contributed by atoms with Crippen LogP contribution in [0.4, 0.5) is 19.1 Å².